The van der Waals surface area contributed by atoms with Crippen LogP contribution in [-0.2, 0) is 6.54 Å². The fraction of sp³-hybridized carbons (Fsp3) is 0.625. The second-order valence-electron chi connectivity index (χ2n) is 5.63. The molecule has 0 bridgehead atoms. The van der Waals surface area contributed by atoms with E-state index in [-0.39, 0.29) is 10.8 Å². The second kappa shape index (κ2) is 7.25. The molecule has 1 atom stereocenters. The van der Waals surface area contributed by atoms with Crippen LogP contribution in [0.15, 0.2) is 18.2 Å². The molecule has 2 rings (SSSR count). The lowest BCUT2D eigenvalue weighted by Gasteiger charge is -2.24. The third kappa shape index (κ3) is 4.19. The maximum atomic E-state index is 13.4. The van der Waals surface area contributed by atoms with Crippen molar-refractivity contribution in [1.82, 2.24) is 5.32 Å². The summed E-state index contributed by atoms with van der Waals surface area (Å²) in [7, 11) is 0. The van der Waals surface area contributed by atoms with E-state index in [1.807, 2.05) is 6.07 Å². The molecular weight excluding hydrogens is 261 g/mol. The predicted molar refractivity (Wildman–Crippen MR) is 78.9 cm³/mol. The molecule has 1 aliphatic carbocycles. The van der Waals surface area contributed by atoms with E-state index in [0.29, 0.717) is 12.6 Å². The molecule has 3 heteroatoms. The Morgan fingerprint density at radius 2 is 1.95 bits per heavy atom. The largest absolute Gasteiger partial charge is 0.310 e. The van der Waals surface area contributed by atoms with Gasteiger partial charge in [-0.2, -0.15) is 0 Å². The Bertz CT molecular complexity index is 400. The second-order valence-corrected chi connectivity index (χ2v) is 6.01. The molecule has 1 aromatic rings. The van der Waals surface area contributed by atoms with Gasteiger partial charge in [-0.25, -0.2) is 4.39 Å². The summed E-state index contributed by atoms with van der Waals surface area (Å²) >= 11 is 5.97. The number of nitrogens with one attached hydrogen (secondary N) is 1. The quantitative estimate of drug-likeness (QED) is 0.773. The van der Waals surface area contributed by atoms with Crippen LogP contribution >= 0.6 is 11.6 Å². The highest BCUT2D eigenvalue weighted by atomic mass is 35.5. The molecule has 0 aromatic heterocycles. The van der Waals surface area contributed by atoms with Crippen LogP contribution in [0, 0.1) is 11.7 Å². The van der Waals surface area contributed by atoms with E-state index in [1.165, 1.54) is 44.6 Å². The summed E-state index contributed by atoms with van der Waals surface area (Å²) in [6.07, 6.45) is 8.06. The molecule has 1 N–H and O–H groups in total. The van der Waals surface area contributed by atoms with E-state index in [1.54, 1.807) is 6.07 Å². The van der Waals surface area contributed by atoms with Crippen LogP contribution in [0.1, 0.15) is 51.0 Å². The summed E-state index contributed by atoms with van der Waals surface area (Å²) in [5.74, 6) is 0.415. The average molecular weight is 284 g/mol. The zero-order chi connectivity index (χ0) is 13.7. The smallest absolute Gasteiger partial charge is 0.142 e. The third-order valence-corrected chi connectivity index (χ3v) is 4.68. The van der Waals surface area contributed by atoms with Crippen molar-refractivity contribution in [3.05, 3.63) is 34.6 Å². The number of hydrogen-bond donors (Lipinski definition) is 1. The monoisotopic (exact) mass is 283 g/mol. The van der Waals surface area contributed by atoms with Gasteiger partial charge in [-0.15, -0.1) is 0 Å². The molecule has 0 spiro atoms. The van der Waals surface area contributed by atoms with Crippen molar-refractivity contribution >= 4 is 11.6 Å². The average Bonchev–Trinajstić information content (AvgIpc) is 2.69. The molecule has 0 heterocycles. The van der Waals surface area contributed by atoms with Crippen molar-refractivity contribution in [3.63, 3.8) is 0 Å². The molecule has 0 unspecified atom stereocenters. The third-order valence-electron chi connectivity index (χ3n) is 4.25. The molecule has 1 aromatic carbocycles. The number of hydrogen-bond acceptors (Lipinski definition) is 1. The summed E-state index contributed by atoms with van der Waals surface area (Å²) in [5.41, 5.74) is 0.849. The van der Waals surface area contributed by atoms with Crippen molar-refractivity contribution < 1.29 is 4.39 Å². The Morgan fingerprint density at radius 1 is 1.26 bits per heavy atom. The molecule has 1 aliphatic rings. The van der Waals surface area contributed by atoms with Crippen molar-refractivity contribution in [3.8, 4) is 0 Å². The molecule has 19 heavy (non-hydrogen) atoms. The predicted octanol–water partition coefficient (Wildman–Crippen LogP) is 4.93. The van der Waals surface area contributed by atoms with Gasteiger partial charge in [-0.05, 0) is 37.3 Å². The zero-order valence-electron chi connectivity index (χ0n) is 11.6. The first kappa shape index (κ1) is 14.8. The Kier molecular flexibility index (Phi) is 5.65. The van der Waals surface area contributed by atoms with E-state index in [0.717, 1.165) is 11.5 Å². The molecule has 1 saturated carbocycles. The SMILES string of the molecule is C[C@H](NCc1cccc(F)c1Cl)C1CCCCCC1. The molecule has 1 fully saturated rings. The minimum Gasteiger partial charge on any atom is -0.310 e. The fourth-order valence-electron chi connectivity index (χ4n) is 2.93. The van der Waals surface area contributed by atoms with Crippen molar-refractivity contribution in [2.45, 2.75) is 58.0 Å². The van der Waals surface area contributed by atoms with Gasteiger partial charge in [0.25, 0.3) is 0 Å². The molecule has 106 valence electrons. The van der Waals surface area contributed by atoms with E-state index >= 15 is 0 Å². The standard InChI is InChI=1S/C16H23ClFN/c1-12(13-7-4-2-3-5-8-13)19-11-14-9-6-10-15(18)16(14)17/h6,9-10,12-13,19H,2-5,7-8,11H2,1H3/t12-/m0/s1. The molecule has 0 aliphatic heterocycles. The van der Waals surface area contributed by atoms with E-state index in [2.05, 4.69) is 12.2 Å². The van der Waals surface area contributed by atoms with Crippen LogP contribution in [0.3, 0.4) is 0 Å². The van der Waals surface area contributed by atoms with Crippen LogP contribution < -0.4 is 5.32 Å². The van der Waals surface area contributed by atoms with Gasteiger partial charge in [0.1, 0.15) is 5.82 Å². The number of halogens is 2. The first-order valence-electron chi connectivity index (χ1n) is 7.34. The number of rotatable bonds is 4. The highest BCUT2D eigenvalue weighted by molar-refractivity contribution is 6.31. The topological polar surface area (TPSA) is 12.0 Å². The minimum absolute atomic E-state index is 0.253. The van der Waals surface area contributed by atoms with Gasteiger partial charge in [-0.3, -0.25) is 0 Å². The maximum Gasteiger partial charge on any atom is 0.142 e. The van der Waals surface area contributed by atoms with Crippen LogP contribution in [-0.4, -0.2) is 6.04 Å². The Balaban J connectivity index is 1.88. The Labute approximate surface area is 120 Å². The summed E-state index contributed by atoms with van der Waals surface area (Å²) in [6.45, 7) is 2.89. The lowest BCUT2D eigenvalue weighted by atomic mass is 9.93. The Morgan fingerprint density at radius 3 is 2.63 bits per heavy atom. The van der Waals surface area contributed by atoms with Crippen molar-refractivity contribution in [1.29, 1.82) is 0 Å². The van der Waals surface area contributed by atoms with Gasteiger partial charge < -0.3 is 5.32 Å². The summed E-state index contributed by atoms with van der Waals surface area (Å²) in [5, 5.41) is 3.77. The molecule has 1 nitrogen and oxygen atoms in total. The highest BCUT2D eigenvalue weighted by Crippen LogP contribution is 2.26. The summed E-state index contributed by atoms with van der Waals surface area (Å²) < 4.78 is 13.4. The molecule has 0 radical (unpaired) electrons. The van der Waals surface area contributed by atoms with Gasteiger partial charge in [0.15, 0.2) is 0 Å². The minimum atomic E-state index is -0.330. The lowest BCUT2D eigenvalue weighted by molar-refractivity contribution is 0.336. The van der Waals surface area contributed by atoms with Gasteiger partial charge >= 0.3 is 0 Å². The van der Waals surface area contributed by atoms with Crippen molar-refractivity contribution in [2.75, 3.05) is 0 Å². The van der Waals surface area contributed by atoms with Crippen LogP contribution in [0.25, 0.3) is 0 Å². The van der Waals surface area contributed by atoms with Crippen LogP contribution in [0.5, 0.6) is 0 Å². The first-order valence-corrected chi connectivity index (χ1v) is 7.72. The van der Waals surface area contributed by atoms with E-state index in [9.17, 15) is 4.39 Å². The van der Waals surface area contributed by atoms with Crippen molar-refractivity contribution in [2.24, 2.45) is 5.92 Å². The van der Waals surface area contributed by atoms with Gasteiger partial charge in [0.2, 0.25) is 0 Å². The molecule has 0 amide bonds. The van der Waals surface area contributed by atoms with Crippen LogP contribution in [0.2, 0.25) is 5.02 Å². The highest BCUT2D eigenvalue weighted by Gasteiger charge is 2.18. The zero-order valence-corrected chi connectivity index (χ0v) is 12.3. The van der Waals surface area contributed by atoms with E-state index in [4.69, 9.17) is 11.6 Å². The van der Waals surface area contributed by atoms with E-state index < -0.39 is 0 Å². The number of benzene rings is 1. The first-order chi connectivity index (χ1) is 9.18. The molecular formula is C16H23ClFN. The summed E-state index contributed by atoms with van der Waals surface area (Å²) in [4.78, 5) is 0. The van der Waals surface area contributed by atoms with Gasteiger partial charge in [0.05, 0.1) is 5.02 Å². The summed E-state index contributed by atoms with van der Waals surface area (Å²) in [6, 6.07) is 5.48. The Hall–Kier alpha value is -0.600. The normalized spacial score (nSPS) is 19.1. The fourth-order valence-corrected chi connectivity index (χ4v) is 3.13. The molecule has 0 saturated heterocycles. The van der Waals surface area contributed by atoms with Gasteiger partial charge in [0, 0.05) is 12.6 Å². The van der Waals surface area contributed by atoms with Crippen LogP contribution in [0.4, 0.5) is 4.39 Å². The maximum absolute atomic E-state index is 13.4. The van der Waals surface area contributed by atoms with Gasteiger partial charge in [-0.1, -0.05) is 49.4 Å². The lowest BCUT2D eigenvalue weighted by Crippen LogP contribution is -2.33.